The maximum Gasteiger partial charge on any atom is 0.137 e. The van der Waals surface area contributed by atoms with Gasteiger partial charge in [-0.2, -0.15) is 15.3 Å². The van der Waals surface area contributed by atoms with Crippen molar-refractivity contribution in [3.05, 3.63) is 107 Å². The molecule has 0 bridgehead atoms. The van der Waals surface area contributed by atoms with Crippen molar-refractivity contribution in [1.82, 2.24) is 44.3 Å². The Labute approximate surface area is 250 Å². The Bertz CT molecular complexity index is 1500. The lowest BCUT2D eigenvalue weighted by atomic mass is 9.88. The van der Waals surface area contributed by atoms with Gasteiger partial charge in [0.05, 0.1) is 19.6 Å². The molecule has 2 N–H and O–H groups in total. The van der Waals surface area contributed by atoms with Crippen LogP contribution in [0.3, 0.4) is 0 Å². The van der Waals surface area contributed by atoms with Crippen LogP contribution in [0, 0.1) is 11.6 Å². The molecule has 2 aromatic carbocycles. The van der Waals surface area contributed by atoms with Crippen LogP contribution < -0.4 is 0 Å². The van der Waals surface area contributed by atoms with Crippen LogP contribution in [0.1, 0.15) is 37.3 Å². The van der Waals surface area contributed by atoms with Gasteiger partial charge in [-0.15, -0.1) is 0 Å². The normalized spacial score (nSPS) is 12.9. The third-order valence-electron chi connectivity index (χ3n) is 6.48. The maximum absolute atomic E-state index is 14.1. The van der Waals surface area contributed by atoms with E-state index in [1.54, 1.807) is 29.2 Å². The highest BCUT2D eigenvalue weighted by Crippen LogP contribution is 2.35. The first-order valence-electron chi connectivity index (χ1n) is 12.9. The molecule has 42 heavy (non-hydrogen) atoms. The first-order valence-corrected chi connectivity index (χ1v) is 13.7. The summed E-state index contributed by atoms with van der Waals surface area (Å²) in [5.74, 6) is -1.56. The number of rotatable bonds is 11. The second-order valence-electron chi connectivity index (χ2n) is 9.69. The standard InChI is InChI=1S/C14H17Cl2N3O.C13H12F2N6O/c1-2-3-6-14(20,8-19-10-17-9-18-19)12-5-4-11(15)7-13(12)16;14-10-1-2-11(12(15)3-10)13(22,4-20-8-16-6-18-20)5-21-9-17-7-19-21/h4-5,7,9-10,20H,2-3,6,8H2,1H3;1-3,6-9,22H,4-5H2. The van der Waals surface area contributed by atoms with Crippen LogP contribution in [0.2, 0.25) is 10.0 Å². The molecule has 15 heteroatoms. The van der Waals surface area contributed by atoms with Gasteiger partial charge in [-0.3, -0.25) is 0 Å². The van der Waals surface area contributed by atoms with E-state index in [4.69, 9.17) is 23.2 Å². The van der Waals surface area contributed by atoms with Crippen molar-refractivity contribution in [2.24, 2.45) is 0 Å². The smallest absolute Gasteiger partial charge is 0.137 e. The molecule has 0 saturated carbocycles. The van der Waals surface area contributed by atoms with E-state index in [0.29, 0.717) is 28.6 Å². The zero-order valence-corrected chi connectivity index (χ0v) is 24.1. The van der Waals surface area contributed by atoms with Crippen molar-refractivity contribution < 1.29 is 19.0 Å². The van der Waals surface area contributed by atoms with Gasteiger partial charge in [-0.05, 0) is 24.6 Å². The third-order valence-corrected chi connectivity index (χ3v) is 7.03. The van der Waals surface area contributed by atoms with Crippen molar-refractivity contribution in [3.8, 4) is 0 Å². The minimum atomic E-state index is -1.70. The lowest BCUT2D eigenvalue weighted by Gasteiger charge is -2.29. The predicted octanol–water partition coefficient (Wildman–Crippen LogP) is 4.40. The zero-order valence-electron chi connectivity index (χ0n) is 22.6. The van der Waals surface area contributed by atoms with Gasteiger partial charge in [0.25, 0.3) is 0 Å². The average Bonchev–Trinajstić information content (AvgIpc) is 3.73. The summed E-state index contributed by atoms with van der Waals surface area (Å²) in [7, 11) is 0. The Balaban J connectivity index is 0.000000194. The fourth-order valence-electron chi connectivity index (χ4n) is 4.47. The van der Waals surface area contributed by atoms with Crippen molar-refractivity contribution in [3.63, 3.8) is 0 Å². The Kier molecular flexibility index (Phi) is 10.3. The Hall–Kier alpha value is -3.78. The molecule has 0 amide bonds. The van der Waals surface area contributed by atoms with Crippen LogP contribution >= 0.6 is 23.2 Å². The Morgan fingerprint density at radius 1 is 0.738 bits per heavy atom. The molecule has 1 atom stereocenters. The van der Waals surface area contributed by atoms with Crippen LogP contribution in [0.5, 0.6) is 0 Å². The van der Waals surface area contributed by atoms with Crippen LogP contribution in [0.4, 0.5) is 8.78 Å². The molecule has 222 valence electrons. The van der Waals surface area contributed by atoms with Gasteiger partial charge in [-0.1, -0.05) is 55.1 Å². The highest BCUT2D eigenvalue weighted by Gasteiger charge is 2.35. The van der Waals surface area contributed by atoms with E-state index >= 15 is 0 Å². The molecule has 0 aliphatic carbocycles. The lowest BCUT2D eigenvalue weighted by molar-refractivity contribution is -0.00857. The van der Waals surface area contributed by atoms with Gasteiger partial charge in [0, 0.05) is 27.2 Å². The Morgan fingerprint density at radius 3 is 1.71 bits per heavy atom. The van der Waals surface area contributed by atoms with Gasteiger partial charge < -0.3 is 10.2 Å². The van der Waals surface area contributed by atoms with E-state index in [0.717, 1.165) is 25.0 Å². The monoisotopic (exact) mass is 619 g/mol. The van der Waals surface area contributed by atoms with Gasteiger partial charge >= 0.3 is 0 Å². The van der Waals surface area contributed by atoms with Gasteiger partial charge in [0.1, 0.15) is 60.8 Å². The van der Waals surface area contributed by atoms with Crippen molar-refractivity contribution >= 4 is 23.2 Å². The summed E-state index contributed by atoms with van der Waals surface area (Å²) in [6.07, 6.45) is 10.9. The summed E-state index contributed by atoms with van der Waals surface area (Å²) < 4.78 is 31.6. The fraction of sp³-hybridized carbons (Fsp3) is 0.333. The molecule has 3 heterocycles. The molecule has 5 aromatic rings. The van der Waals surface area contributed by atoms with E-state index in [1.165, 1.54) is 47.1 Å². The molecule has 0 aliphatic heterocycles. The summed E-state index contributed by atoms with van der Waals surface area (Å²) in [6.45, 7) is 2.25. The molecule has 0 radical (unpaired) electrons. The molecule has 11 nitrogen and oxygen atoms in total. The summed E-state index contributed by atoms with van der Waals surface area (Å²) in [5, 5.41) is 34.9. The lowest BCUT2D eigenvalue weighted by Crippen LogP contribution is -2.37. The number of nitrogens with zero attached hydrogens (tertiary/aromatic N) is 9. The molecule has 3 aromatic heterocycles. The average molecular weight is 620 g/mol. The number of aliphatic hydroxyl groups is 2. The number of aromatic nitrogens is 9. The summed E-state index contributed by atoms with van der Waals surface area (Å²) in [4.78, 5) is 11.5. The van der Waals surface area contributed by atoms with E-state index in [1.807, 2.05) is 0 Å². The van der Waals surface area contributed by atoms with E-state index in [2.05, 4.69) is 37.2 Å². The molecule has 0 saturated heterocycles. The molecule has 0 aliphatic rings. The summed E-state index contributed by atoms with van der Waals surface area (Å²) in [6, 6.07) is 8.18. The van der Waals surface area contributed by atoms with E-state index < -0.39 is 22.8 Å². The maximum atomic E-state index is 14.1. The van der Waals surface area contributed by atoms with Gasteiger partial charge in [-0.25, -0.2) is 37.8 Å². The van der Waals surface area contributed by atoms with E-state index in [-0.39, 0.29) is 18.7 Å². The van der Waals surface area contributed by atoms with Crippen molar-refractivity contribution in [1.29, 1.82) is 0 Å². The van der Waals surface area contributed by atoms with E-state index in [9.17, 15) is 19.0 Å². The van der Waals surface area contributed by atoms with Crippen LogP contribution in [0.25, 0.3) is 0 Å². The number of unbranched alkanes of at least 4 members (excludes halogenated alkanes) is 1. The van der Waals surface area contributed by atoms with Crippen molar-refractivity contribution in [2.75, 3.05) is 0 Å². The molecular formula is C27H29Cl2F2N9O2. The number of halogens is 4. The largest absolute Gasteiger partial charge is 0.383 e. The number of hydrogen-bond donors (Lipinski definition) is 2. The SMILES string of the molecule is CCCCC(O)(Cn1cncn1)c1ccc(Cl)cc1Cl.OC(Cn1cncn1)(Cn1cncn1)c1ccc(F)cc1F. The molecular weight excluding hydrogens is 591 g/mol. The fourth-order valence-corrected chi connectivity index (χ4v) is 5.05. The van der Waals surface area contributed by atoms with Crippen LogP contribution in [0.15, 0.2) is 74.4 Å². The minimum Gasteiger partial charge on any atom is -0.383 e. The first-order chi connectivity index (χ1) is 20.1. The number of hydrogen-bond acceptors (Lipinski definition) is 8. The topological polar surface area (TPSA) is 133 Å². The Morgan fingerprint density at radius 2 is 1.26 bits per heavy atom. The second kappa shape index (κ2) is 13.9. The predicted molar refractivity (Wildman–Crippen MR) is 150 cm³/mol. The minimum absolute atomic E-state index is 0.0556. The summed E-state index contributed by atoms with van der Waals surface area (Å²) in [5.41, 5.74) is -2.16. The molecule has 0 fully saturated rings. The van der Waals surface area contributed by atoms with Crippen LogP contribution in [-0.4, -0.2) is 54.5 Å². The quantitative estimate of drug-likeness (QED) is 0.222. The molecule has 1 unspecified atom stereocenters. The second-order valence-corrected chi connectivity index (χ2v) is 10.5. The highest BCUT2D eigenvalue weighted by molar-refractivity contribution is 6.35. The zero-order chi connectivity index (χ0) is 30.2. The van der Waals surface area contributed by atoms with Gasteiger partial charge in [0.15, 0.2) is 0 Å². The highest BCUT2D eigenvalue weighted by atomic mass is 35.5. The van der Waals surface area contributed by atoms with Gasteiger partial charge in [0.2, 0.25) is 0 Å². The third kappa shape index (κ3) is 7.94. The molecule has 5 rings (SSSR count). The molecule has 0 spiro atoms. The van der Waals surface area contributed by atoms with Crippen molar-refractivity contribution in [2.45, 2.75) is 57.0 Å². The van der Waals surface area contributed by atoms with Crippen LogP contribution in [-0.2, 0) is 30.8 Å². The first kappa shape index (κ1) is 31.2. The summed E-state index contributed by atoms with van der Waals surface area (Å²) >= 11 is 12.2. The number of benzene rings is 2.